The quantitative estimate of drug-likeness (QED) is 0.696. The second-order valence-electron chi connectivity index (χ2n) is 7.05. The minimum absolute atomic E-state index is 0.00571. The number of nitrogens with zero attached hydrogens (tertiary/aromatic N) is 3. The van der Waals surface area contributed by atoms with E-state index in [0.717, 1.165) is 29.4 Å². The van der Waals surface area contributed by atoms with Crippen molar-refractivity contribution < 1.29 is 4.79 Å². The molecule has 2 N–H and O–H groups in total. The molecular weight excluding hydrogens is 346 g/mol. The highest BCUT2D eigenvalue weighted by atomic mass is 32.2. The molecule has 2 aromatic rings. The van der Waals surface area contributed by atoms with E-state index in [0.29, 0.717) is 17.5 Å². The van der Waals surface area contributed by atoms with E-state index in [2.05, 4.69) is 37.5 Å². The van der Waals surface area contributed by atoms with E-state index in [4.69, 9.17) is 0 Å². The molecule has 0 unspecified atom stereocenters. The molecule has 0 aliphatic heterocycles. The molecule has 1 aromatic carbocycles. The smallest absolute Gasteiger partial charge is 0.230 e. The van der Waals surface area contributed by atoms with Crippen LogP contribution in [0, 0.1) is 5.92 Å². The molecule has 140 valence electrons. The van der Waals surface area contributed by atoms with Crippen LogP contribution in [0.2, 0.25) is 0 Å². The number of aromatic amines is 1. The summed E-state index contributed by atoms with van der Waals surface area (Å²) in [4.78, 5) is 18.6. The molecule has 1 aliphatic rings. The number of carbonyl (C=O) groups is 1. The predicted molar refractivity (Wildman–Crippen MR) is 105 cm³/mol. The molecule has 1 aliphatic carbocycles. The van der Waals surface area contributed by atoms with Gasteiger partial charge in [0.05, 0.1) is 5.75 Å². The Hall–Kier alpha value is -2.02. The first-order valence-corrected chi connectivity index (χ1v) is 10.2. The Balaban J connectivity index is 1.39. The van der Waals surface area contributed by atoms with Crippen molar-refractivity contribution in [2.45, 2.75) is 43.8 Å². The van der Waals surface area contributed by atoms with E-state index >= 15 is 0 Å². The van der Waals surface area contributed by atoms with Crippen molar-refractivity contribution in [2.24, 2.45) is 5.92 Å². The average molecular weight is 374 g/mol. The highest BCUT2D eigenvalue weighted by Crippen LogP contribution is 2.27. The summed E-state index contributed by atoms with van der Waals surface area (Å²) < 4.78 is 0. The number of benzene rings is 1. The van der Waals surface area contributed by atoms with Crippen molar-refractivity contribution in [3.8, 4) is 0 Å². The van der Waals surface area contributed by atoms with Gasteiger partial charge in [-0.15, -0.1) is 5.10 Å². The third kappa shape index (κ3) is 5.49. The van der Waals surface area contributed by atoms with Gasteiger partial charge in [0.25, 0.3) is 0 Å². The van der Waals surface area contributed by atoms with E-state index < -0.39 is 0 Å². The summed E-state index contributed by atoms with van der Waals surface area (Å²) in [6, 6.07) is 8.17. The molecule has 1 aromatic heterocycles. The van der Waals surface area contributed by atoms with Gasteiger partial charge in [-0.25, -0.2) is 4.98 Å². The van der Waals surface area contributed by atoms with Crippen LogP contribution in [0.4, 0.5) is 5.69 Å². The lowest BCUT2D eigenvalue weighted by Gasteiger charge is -2.12. The maximum absolute atomic E-state index is 12.0. The minimum atomic E-state index is -0.00571. The summed E-state index contributed by atoms with van der Waals surface area (Å²) in [6.45, 7) is 0.536. The summed E-state index contributed by atoms with van der Waals surface area (Å²) >= 11 is 1.38. The van der Waals surface area contributed by atoms with Crippen molar-refractivity contribution in [2.75, 3.05) is 24.7 Å². The van der Waals surface area contributed by atoms with Crippen molar-refractivity contribution in [3.05, 3.63) is 35.7 Å². The van der Waals surface area contributed by atoms with Crippen LogP contribution >= 0.6 is 11.8 Å². The van der Waals surface area contributed by atoms with Gasteiger partial charge in [-0.1, -0.05) is 49.6 Å². The van der Waals surface area contributed by atoms with Crippen molar-refractivity contribution in [1.82, 2.24) is 20.5 Å². The zero-order chi connectivity index (χ0) is 18.4. The summed E-state index contributed by atoms with van der Waals surface area (Å²) in [5.41, 5.74) is 2.24. The van der Waals surface area contributed by atoms with Gasteiger partial charge in [-0.3, -0.25) is 9.89 Å². The van der Waals surface area contributed by atoms with E-state index in [1.54, 1.807) is 0 Å². The van der Waals surface area contributed by atoms with Crippen molar-refractivity contribution in [3.63, 3.8) is 0 Å². The third-order valence-electron chi connectivity index (χ3n) is 4.74. The Morgan fingerprint density at radius 3 is 2.69 bits per heavy atom. The molecule has 3 rings (SSSR count). The number of thioether (sulfide) groups is 1. The van der Waals surface area contributed by atoms with E-state index in [1.165, 1.54) is 37.4 Å². The van der Waals surface area contributed by atoms with Gasteiger partial charge in [0.2, 0.25) is 11.1 Å². The molecule has 0 radical (unpaired) electrons. The molecular formula is C19H27N5OS. The standard InChI is InChI=1S/C19H27N5OS/c1-24(2)16-9-7-15(8-10-16)12-20-18(25)13-26-19-21-17(22-23-19)11-14-5-3-4-6-14/h7-10,14H,3-6,11-13H2,1-2H3,(H,20,25)(H,21,22,23). The zero-order valence-corrected chi connectivity index (χ0v) is 16.3. The number of hydrogen-bond donors (Lipinski definition) is 2. The maximum Gasteiger partial charge on any atom is 0.230 e. The summed E-state index contributed by atoms with van der Waals surface area (Å²) in [5, 5.41) is 10.8. The van der Waals surface area contributed by atoms with Crippen molar-refractivity contribution in [1.29, 1.82) is 0 Å². The number of carbonyl (C=O) groups excluding carboxylic acids is 1. The van der Waals surface area contributed by atoms with Crippen molar-refractivity contribution >= 4 is 23.4 Å². The fourth-order valence-electron chi connectivity index (χ4n) is 3.22. The van der Waals surface area contributed by atoms with Gasteiger partial charge in [-0.05, 0) is 23.6 Å². The lowest BCUT2D eigenvalue weighted by molar-refractivity contribution is -0.118. The molecule has 0 atom stereocenters. The number of aromatic nitrogens is 3. The van der Waals surface area contributed by atoms with Gasteiger partial charge >= 0.3 is 0 Å². The average Bonchev–Trinajstić information content (AvgIpc) is 3.31. The number of amides is 1. The monoisotopic (exact) mass is 373 g/mol. The molecule has 0 saturated heterocycles. The van der Waals surface area contributed by atoms with Crippen LogP contribution in [-0.2, 0) is 17.8 Å². The fraction of sp³-hybridized carbons (Fsp3) is 0.526. The Morgan fingerprint density at radius 2 is 2.00 bits per heavy atom. The Labute approximate surface area is 159 Å². The molecule has 1 saturated carbocycles. The minimum Gasteiger partial charge on any atom is -0.378 e. The van der Waals surface area contributed by atoms with Gasteiger partial charge < -0.3 is 10.2 Å². The normalized spacial score (nSPS) is 14.5. The van der Waals surface area contributed by atoms with E-state index in [-0.39, 0.29) is 5.91 Å². The summed E-state index contributed by atoms with van der Waals surface area (Å²) in [7, 11) is 4.02. The number of rotatable bonds is 8. The molecule has 7 heteroatoms. The molecule has 1 heterocycles. The Bertz CT molecular complexity index is 707. The SMILES string of the molecule is CN(C)c1ccc(CNC(=O)CSc2n[nH]c(CC3CCCC3)n2)cc1. The van der Waals surface area contributed by atoms with Crippen LogP contribution in [0.3, 0.4) is 0 Å². The number of nitrogens with one attached hydrogen (secondary N) is 2. The van der Waals surface area contributed by atoms with Gasteiger partial charge in [0, 0.05) is 32.7 Å². The lowest BCUT2D eigenvalue weighted by atomic mass is 10.0. The molecule has 6 nitrogen and oxygen atoms in total. The van der Waals surface area contributed by atoms with Crippen LogP contribution in [0.15, 0.2) is 29.4 Å². The van der Waals surface area contributed by atoms with Crippen LogP contribution in [0.5, 0.6) is 0 Å². The van der Waals surface area contributed by atoms with Gasteiger partial charge in [0.1, 0.15) is 5.82 Å². The van der Waals surface area contributed by atoms with Crippen LogP contribution in [-0.4, -0.2) is 40.9 Å². The predicted octanol–water partition coefficient (Wildman–Crippen LogP) is 3.01. The first kappa shape index (κ1) is 18.8. The first-order chi connectivity index (χ1) is 12.6. The van der Waals surface area contributed by atoms with E-state index in [1.807, 2.05) is 26.2 Å². The maximum atomic E-state index is 12.0. The molecule has 26 heavy (non-hydrogen) atoms. The van der Waals surface area contributed by atoms with Crippen LogP contribution in [0.1, 0.15) is 37.1 Å². The molecule has 0 spiro atoms. The first-order valence-electron chi connectivity index (χ1n) is 9.17. The molecule has 1 amide bonds. The molecule has 0 bridgehead atoms. The van der Waals surface area contributed by atoms with Crippen LogP contribution in [0.25, 0.3) is 0 Å². The molecule has 1 fully saturated rings. The topological polar surface area (TPSA) is 73.9 Å². The second kappa shape index (κ2) is 9.07. The fourth-order valence-corrected chi connectivity index (χ4v) is 3.86. The van der Waals surface area contributed by atoms with Gasteiger partial charge in [-0.2, -0.15) is 0 Å². The summed E-state index contributed by atoms with van der Waals surface area (Å²) in [5.74, 6) is 2.01. The second-order valence-corrected chi connectivity index (χ2v) is 7.99. The summed E-state index contributed by atoms with van der Waals surface area (Å²) in [6.07, 6.45) is 6.22. The zero-order valence-electron chi connectivity index (χ0n) is 15.5. The largest absolute Gasteiger partial charge is 0.378 e. The van der Waals surface area contributed by atoms with Crippen LogP contribution < -0.4 is 10.2 Å². The Kier molecular flexibility index (Phi) is 6.55. The number of hydrogen-bond acceptors (Lipinski definition) is 5. The van der Waals surface area contributed by atoms with E-state index in [9.17, 15) is 4.79 Å². The highest BCUT2D eigenvalue weighted by molar-refractivity contribution is 7.99. The van der Waals surface area contributed by atoms with Gasteiger partial charge in [0.15, 0.2) is 0 Å². The lowest BCUT2D eigenvalue weighted by Crippen LogP contribution is -2.24. The third-order valence-corrected chi connectivity index (χ3v) is 5.59. The Morgan fingerprint density at radius 1 is 1.27 bits per heavy atom. The number of H-pyrrole nitrogens is 1. The highest BCUT2D eigenvalue weighted by Gasteiger charge is 2.17. The number of anilines is 1.